The third kappa shape index (κ3) is 2.93. The first-order valence-corrected chi connectivity index (χ1v) is 7.05. The Morgan fingerprint density at radius 2 is 1.83 bits per heavy atom. The van der Waals surface area contributed by atoms with Crippen LogP contribution in [-0.4, -0.2) is 13.3 Å². The molecule has 0 heterocycles. The Bertz CT molecular complexity index is 616. The van der Waals surface area contributed by atoms with Crippen LogP contribution in [0.5, 0.6) is 0 Å². The molecule has 0 aliphatic rings. The van der Waals surface area contributed by atoms with Crippen LogP contribution in [0.1, 0.15) is 5.56 Å². The predicted molar refractivity (Wildman–Crippen MR) is 58.8 cm³/mol. The quantitative estimate of drug-likeness (QED) is 0.456. The summed E-state index contributed by atoms with van der Waals surface area (Å²) in [6.07, 6.45) is -5.01. The van der Waals surface area contributed by atoms with Crippen molar-refractivity contribution in [2.24, 2.45) is 0 Å². The number of rotatable bonds is 2. The van der Waals surface area contributed by atoms with Crippen molar-refractivity contribution in [2.75, 3.05) is 0 Å². The number of halogens is 5. The van der Waals surface area contributed by atoms with Gasteiger partial charge in [-0.2, -0.15) is 13.2 Å². The second kappa shape index (κ2) is 4.67. The molecule has 0 aromatic heterocycles. The molecule has 1 rings (SSSR count). The smallest absolute Gasteiger partial charge is 0.258 e. The van der Waals surface area contributed by atoms with Crippen LogP contribution in [0.2, 0.25) is 0 Å². The number of nitro benzene ring substituents is 1. The highest BCUT2D eigenvalue weighted by molar-refractivity contribution is 9.10. The molecule has 0 saturated heterocycles. The van der Waals surface area contributed by atoms with Gasteiger partial charge >= 0.3 is 6.18 Å². The minimum atomic E-state index is -5.01. The summed E-state index contributed by atoms with van der Waals surface area (Å²) in [6.45, 7) is 0. The van der Waals surface area contributed by atoms with Gasteiger partial charge in [0.05, 0.1) is 10.5 Å². The maximum Gasteiger partial charge on any atom is 0.417 e. The molecule has 0 N–H and O–H groups in total. The third-order valence-corrected chi connectivity index (χ3v) is 4.26. The van der Waals surface area contributed by atoms with Crippen LogP contribution < -0.4 is 0 Å². The first kappa shape index (κ1) is 15.2. The van der Waals surface area contributed by atoms with Crippen LogP contribution >= 0.6 is 26.6 Å². The maximum absolute atomic E-state index is 12.6. The standard InChI is InChI=1S/C7H2BrClF3NO4S/c8-5-4(13(14)15)2-1-3(7(10,11)12)6(5)18(9,16)17/h1-2H. The average Bonchev–Trinajstić information content (AvgIpc) is 2.12. The summed E-state index contributed by atoms with van der Waals surface area (Å²) in [7, 11) is 0.0689. The van der Waals surface area contributed by atoms with Gasteiger partial charge in [-0.05, 0) is 22.0 Å². The first-order valence-electron chi connectivity index (χ1n) is 3.95. The molecule has 18 heavy (non-hydrogen) atoms. The van der Waals surface area contributed by atoms with Crippen LogP contribution in [0.4, 0.5) is 18.9 Å². The van der Waals surface area contributed by atoms with Crippen molar-refractivity contribution in [2.45, 2.75) is 11.1 Å². The summed E-state index contributed by atoms with van der Waals surface area (Å²) in [5, 5.41) is 10.5. The fraction of sp³-hybridized carbons (Fsp3) is 0.143. The lowest BCUT2D eigenvalue weighted by atomic mass is 10.2. The van der Waals surface area contributed by atoms with Crippen LogP contribution in [0.3, 0.4) is 0 Å². The van der Waals surface area contributed by atoms with E-state index in [-0.39, 0.29) is 6.07 Å². The van der Waals surface area contributed by atoms with E-state index >= 15 is 0 Å². The largest absolute Gasteiger partial charge is 0.417 e. The molecule has 100 valence electrons. The van der Waals surface area contributed by atoms with Crippen LogP contribution in [0.25, 0.3) is 0 Å². The zero-order chi connectivity index (χ0) is 14.3. The van der Waals surface area contributed by atoms with Gasteiger partial charge in [0, 0.05) is 16.7 Å². The summed E-state index contributed by atoms with van der Waals surface area (Å²) in [5.41, 5.74) is -2.41. The number of hydrogen-bond acceptors (Lipinski definition) is 4. The molecule has 0 amide bonds. The fourth-order valence-electron chi connectivity index (χ4n) is 1.15. The normalized spacial score (nSPS) is 12.5. The van der Waals surface area contributed by atoms with Gasteiger partial charge in [-0.15, -0.1) is 0 Å². The molecule has 0 saturated carbocycles. The molecule has 0 aliphatic heterocycles. The molecule has 1 aromatic carbocycles. The molecular weight excluding hydrogens is 366 g/mol. The molecule has 0 unspecified atom stereocenters. The van der Waals surface area contributed by atoms with E-state index in [9.17, 15) is 31.7 Å². The predicted octanol–water partition coefficient (Wildman–Crippen LogP) is 3.30. The van der Waals surface area contributed by atoms with Gasteiger partial charge in [0.2, 0.25) is 0 Å². The van der Waals surface area contributed by atoms with Gasteiger partial charge in [-0.25, -0.2) is 8.42 Å². The summed E-state index contributed by atoms with van der Waals surface area (Å²) in [4.78, 5) is 8.12. The van der Waals surface area contributed by atoms with Crippen molar-refractivity contribution in [1.29, 1.82) is 0 Å². The van der Waals surface area contributed by atoms with E-state index in [2.05, 4.69) is 15.9 Å². The number of nitro groups is 1. The SMILES string of the molecule is O=[N+]([O-])c1ccc(C(F)(F)F)c(S(=O)(=O)Cl)c1Br. The highest BCUT2D eigenvalue weighted by Gasteiger charge is 2.40. The van der Waals surface area contributed by atoms with Gasteiger partial charge in [-0.1, -0.05) is 0 Å². The zero-order valence-electron chi connectivity index (χ0n) is 8.03. The maximum atomic E-state index is 12.6. The summed E-state index contributed by atoms with van der Waals surface area (Å²) < 4.78 is 59.1. The molecule has 0 spiro atoms. The van der Waals surface area contributed by atoms with Crippen molar-refractivity contribution in [3.8, 4) is 0 Å². The second-order valence-corrected chi connectivity index (χ2v) is 6.26. The van der Waals surface area contributed by atoms with Crippen molar-refractivity contribution >= 4 is 41.4 Å². The molecule has 0 atom stereocenters. The number of nitrogens with zero attached hydrogens (tertiary/aromatic N) is 1. The highest BCUT2D eigenvalue weighted by Crippen LogP contribution is 2.42. The van der Waals surface area contributed by atoms with Crippen molar-refractivity contribution in [1.82, 2.24) is 0 Å². The van der Waals surface area contributed by atoms with Gasteiger partial charge < -0.3 is 0 Å². The lowest BCUT2D eigenvalue weighted by molar-refractivity contribution is -0.386. The van der Waals surface area contributed by atoms with E-state index in [1.165, 1.54) is 0 Å². The Labute approximate surface area is 111 Å². The molecule has 0 bridgehead atoms. The minimum Gasteiger partial charge on any atom is -0.258 e. The monoisotopic (exact) mass is 367 g/mol. The highest BCUT2D eigenvalue weighted by atomic mass is 79.9. The Balaban J connectivity index is 3.80. The van der Waals surface area contributed by atoms with Gasteiger partial charge in [-0.3, -0.25) is 10.1 Å². The van der Waals surface area contributed by atoms with Gasteiger partial charge in [0.1, 0.15) is 9.37 Å². The zero-order valence-corrected chi connectivity index (χ0v) is 11.2. The Morgan fingerprint density at radius 1 is 1.33 bits per heavy atom. The lowest BCUT2D eigenvalue weighted by Gasteiger charge is -2.12. The van der Waals surface area contributed by atoms with E-state index in [4.69, 9.17) is 10.7 Å². The van der Waals surface area contributed by atoms with E-state index in [1.807, 2.05) is 0 Å². The molecule has 11 heteroatoms. The second-order valence-electron chi connectivity index (χ2n) is 2.97. The van der Waals surface area contributed by atoms with Gasteiger partial charge in [0.25, 0.3) is 14.7 Å². The molecule has 1 aromatic rings. The fourth-order valence-corrected chi connectivity index (χ4v) is 3.80. The molecule has 0 fully saturated rings. The van der Waals surface area contributed by atoms with E-state index < -0.39 is 40.8 Å². The van der Waals surface area contributed by atoms with Gasteiger partial charge in [0.15, 0.2) is 0 Å². The summed E-state index contributed by atoms with van der Waals surface area (Å²) >= 11 is 2.46. The van der Waals surface area contributed by atoms with E-state index in [0.29, 0.717) is 6.07 Å². The lowest BCUT2D eigenvalue weighted by Crippen LogP contribution is -2.12. The molecule has 0 aliphatic carbocycles. The van der Waals surface area contributed by atoms with Crippen molar-refractivity contribution in [3.05, 3.63) is 32.3 Å². The van der Waals surface area contributed by atoms with Crippen molar-refractivity contribution in [3.63, 3.8) is 0 Å². The van der Waals surface area contributed by atoms with Crippen LogP contribution in [-0.2, 0) is 15.2 Å². The van der Waals surface area contributed by atoms with Crippen molar-refractivity contribution < 1.29 is 26.5 Å². The van der Waals surface area contributed by atoms with Crippen LogP contribution in [0, 0.1) is 10.1 Å². The van der Waals surface area contributed by atoms with E-state index in [1.54, 1.807) is 0 Å². The topological polar surface area (TPSA) is 77.3 Å². The Kier molecular flexibility index (Phi) is 3.94. The molecular formula is C7H2BrClF3NO4S. The number of alkyl halides is 3. The minimum absolute atomic E-state index is 0.290. The van der Waals surface area contributed by atoms with E-state index in [0.717, 1.165) is 0 Å². The number of hydrogen-bond donors (Lipinski definition) is 0. The summed E-state index contributed by atoms with van der Waals surface area (Å²) in [5.74, 6) is 0. The number of benzene rings is 1. The Morgan fingerprint density at radius 3 is 2.17 bits per heavy atom. The third-order valence-electron chi connectivity index (χ3n) is 1.82. The average molecular weight is 369 g/mol. The van der Waals surface area contributed by atoms with Crippen LogP contribution in [0.15, 0.2) is 21.5 Å². The molecule has 5 nitrogen and oxygen atoms in total. The first-order chi connectivity index (χ1) is 7.96. The summed E-state index contributed by atoms with van der Waals surface area (Å²) in [6, 6.07) is 0.830. The Hall–Kier alpha value is -0.870. The molecule has 0 radical (unpaired) electrons.